The first-order chi connectivity index (χ1) is 6.61. The molecule has 0 aliphatic heterocycles. The van der Waals surface area contributed by atoms with Crippen LogP contribution in [0.1, 0.15) is 35.1 Å². The van der Waals surface area contributed by atoms with Crippen LogP contribution in [-0.2, 0) is 0 Å². The summed E-state index contributed by atoms with van der Waals surface area (Å²) in [6.45, 7) is 1.71. The molecule has 1 aromatic rings. The Morgan fingerprint density at radius 3 is 2.79 bits per heavy atom. The third kappa shape index (κ3) is 1.30. The number of carboxylic acids is 1. The largest absolute Gasteiger partial charge is 0.477 e. The first kappa shape index (κ1) is 8.93. The first-order valence-corrected chi connectivity index (χ1v) is 4.42. The number of hydrogen-bond donors (Lipinski definition) is 1. The summed E-state index contributed by atoms with van der Waals surface area (Å²) in [4.78, 5) is 26.2. The molecule has 74 valence electrons. The summed E-state index contributed by atoms with van der Waals surface area (Å²) in [6.07, 6.45) is 3.00. The maximum absolute atomic E-state index is 11.7. The standard InChI is InChI=1S/C9H10N2O3/c1-5-10-4-7(9(13)14)8(12)11(5)6-2-3-6/h4,6H,2-3H2,1H3,(H,13,14). The zero-order valence-electron chi connectivity index (χ0n) is 7.73. The zero-order valence-corrected chi connectivity index (χ0v) is 7.73. The lowest BCUT2D eigenvalue weighted by Gasteiger charge is -2.07. The summed E-state index contributed by atoms with van der Waals surface area (Å²) in [5.41, 5.74) is -0.685. The Kier molecular flexibility index (Phi) is 1.87. The molecule has 1 aliphatic rings. The Balaban J connectivity index is 2.62. The lowest BCUT2D eigenvalue weighted by molar-refractivity contribution is 0.0693. The van der Waals surface area contributed by atoms with Crippen molar-refractivity contribution in [1.29, 1.82) is 0 Å². The second-order valence-corrected chi connectivity index (χ2v) is 3.43. The average molecular weight is 194 g/mol. The van der Waals surface area contributed by atoms with Crippen molar-refractivity contribution in [2.75, 3.05) is 0 Å². The number of rotatable bonds is 2. The highest BCUT2D eigenvalue weighted by Gasteiger charge is 2.28. The maximum Gasteiger partial charge on any atom is 0.342 e. The molecule has 0 unspecified atom stereocenters. The van der Waals surface area contributed by atoms with Crippen molar-refractivity contribution in [2.24, 2.45) is 0 Å². The number of aryl methyl sites for hydroxylation is 1. The number of hydrogen-bond acceptors (Lipinski definition) is 3. The highest BCUT2D eigenvalue weighted by molar-refractivity contribution is 5.86. The second-order valence-electron chi connectivity index (χ2n) is 3.43. The molecule has 0 bridgehead atoms. The van der Waals surface area contributed by atoms with Crippen LogP contribution in [0.15, 0.2) is 11.0 Å². The Labute approximate surface area is 80.0 Å². The fourth-order valence-corrected chi connectivity index (χ4v) is 1.46. The lowest BCUT2D eigenvalue weighted by Crippen LogP contribution is -2.28. The third-order valence-corrected chi connectivity index (χ3v) is 2.32. The molecule has 0 aromatic carbocycles. The predicted molar refractivity (Wildman–Crippen MR) is 48.5 cm³/mol. The van der Waals surface area contributed by atoms with Gasteiger partial charge in [0.25, 0.3) is 5.56 Å². The fraction of sp³-hybridized carbons (Fsp3) is 0.444. The number of nitrogens with zero attached hydrogens (tertiary/aromatic N) is 2. The maximum atomic E-state index is 11.7. The van der Waals surface area contributed by atoms with E-state index in [1.54, 1.807) is 6.92 Å². The van der Waals surface area contributed by atoms with Crippen LogP contribution in [0.4, 0.5) is 0 Å². The van der Waals surface area contributed by atoms with Gasteiger partial charge < -0.3 is 5.11 Å². The summed E-state index contributed by atoms with van der Waals surface area (Å²) < 4.78 is 1.48. The van der Waals surface area contributed by atoms with Gasteiger partial charge in [0.05, 0.1) is 0 Å². The van der Waals surface area contributed by atoms with E-state index in [2.05, 4.69) is 4.98 Å². The molecule has 0 amide bonds. The quantitative estimate of drug-likeness (QED) is 0.747. The van der Waals surface area contributed by atoms with Gasteiger partial charge in [-0.1, -0.05) is 0 Å². The van der Waals surface area contributed by atoms with Crippen LogP contribution >= 0.6 is 0 Å². The second kappa shape index (κ2) is 2.94. The van der Waals surface area contributed by atoms with Crippen molar-refractivity contribution in [3.8, 4) is 0 Å². The van der Waals surface area contributed by atoms with Gasteiger partial charge in [-0.25, -0.2) is 9.78 Å². The van der Waals surface area contributed by atoms with E-state index in [9.17, 15) is 9.59 Å². The van der Waals surface area contributed by atoms with Gasteiger partial charge in [-0.05, 0) is 19.8 Å². The van der Waals surface area contributed by atoms with Gasteiger partial charge in [0.2, 0.25) is 0 Å². The van der Waals surface area contributed by atoms with Gasteiger partial charge in [-0.3, -0.25) is 9.36 Å². The highest BCUT2D eigenvalue weighted by Crippen LogP contribution is 2.33. The number of aromatic carboxylic acids is 1. The lowest BCUT2D eigenvalue weighted by atomic mass is 10.3. The van der Waals surface area contributed by atoms with E-state index in [1.165, 1.54) is 4.57 Å². The van der Waals surface area contributed by atoms with Crippen LogP contribution in [0, 0.1) is 6.92 Å². The number of aromatic nitrogens is 2. The summed E-state index contributed by atoms with van der Waals surface area (Å²) in [5, 5.41) is 8.73. The first-order valence-electron chi connectivity index (χ1n) is 4.42. The molecular weight excluding hydrogens is 184 g/mol. The minimum Gasteiger partial charge on any atom is -0.477 e. The molecule has 1 aliphatic carbocycles. The van der Waals surface area contributed by atoms with Crippen molar-refractivity contribution in [3.63, 3.8) is 0 Å². The molecule has 14 heavy (non-hydrogen) atoms. The van der Waals surface area contributed by atoms with Crippen LogP contribution in [-0.4, -0.2) is 20.6 Å². The van der Waals surface area contributed by atoms with Gasteiger partial charge in [0, 0.05) is 12.2 Å². The van der Waals surface area contributed by atoms with Crippen molar-refractivity contribution in [1.82, 2.24) is 9.55 Å². The topological polar surface area (TPSA) is 72.2 Å². The molecule has 5 heteroatoms. The van der Waals surface area contributed by atoms with Crippen LogP contribution in [0.5, 0.6) is 0 Å². The SMILES string of the molecule is Cc1ncc(C(=O)O)c(=O)n1C1CC1. The molecule has 1 heterocycles. The Morgan fingerprint density at radius 2 is 2.29 bits per heavy atom. The Bertz CT molecular complexity index is 446. The minimum absolute atomic E-state index is 0.161. The number of carboxylic acid groups (broad SMARTS) is 1. The predicted octanol–water partition coefficient (Wildman–Crippen LogP) is 0.585. The molecule has 1 fully saturated rings. The molecule has 0 saturated heterocycles. The minimum atomic E-state index is -1.21. The van der Waals surface area contributed by atoms with Crippen molar-refractivity contribution >= 4 is 5.97 Å². The summed E-state index contributed by atoms with van der Waals surface area (Å²) >= 11 is 0. The van der Waals surface area contributed by atoms with Crippen LogP contribution in [0.25, 0.3) is 0 Å². The van der Waals surface area contributed by atoms with Crippen LogP contribution < -0.4 is 5.56 Å². The van der Waals surface area contributed by atoms with E-state index in [1.807, 2.05) is 0 Å². The van der Waals surface area contributed by atoms with Crippen molar-refractivity contribution in [3.05, 3.63) is 27.9 Å². The highest BCUT2D eigenvalue weighted by atomic mass is 16.4. The van der Waals surface area contributed by atoms with Gasteiger partial charge in [0.1, 0.15) is 11.4 Å². The molecule has 2 rings (SSSR count). The Hall–Kier alpha value is -1.65. The van der Waals surface area contributed by atoms with E-state index >= 15 is 0 Å². The summed E-state index contributed by atoms with van der Waals surface area (Å²) in [6, 6.07) is 0.161. The van der Waals surface area contributed by atoms with Crippen molar-refractivity contribution < 1.29 is 9.90 Å². The fourth-order valence-electron chi connectivity index (χ4n) is 1.46. The van der Waals surface area contributed by atoms with Gasteiger partial charge in [-0.15, -0.1) is 0 Å². The average Bonchev–Trinajstić information content (AvgIpc) is 2.87. The van der Waals surface area contributed by atoms with E-state index in [4.69, 9.17) is 5.11 Å². The summed E-state index contributed by atoms with van der Waals surface area (Å²) in [7, 11) is 0. The molecule has 0 radical (unpaired) electrons. The third-order valence-electron chi connectivity index (χ3n) is 2.32. The van der Waals surface area contributed by atoms with Gasteiger partial charge in [0.15, 0.2) is 0 Å². The van der Waals surface area contributed by atoms with Gasteiger partial charge >= 0.3 is 5.97 Å². The molecule has 0 atom stereocenters. The molecule has 5 nitrogen and oxygen atoms in total. The van der Waals surface area contributed by atoms with Crippen molar-refractivity contribution in [2.45, 2.75) is 25.8 Å². The molecular formula is C9H10N2O3. The molecule has 0 spiro atoms. The van der Waals surface area contributed by atoms with E-state index in [-0.39, 0.29) is 11.6 Å². The normalized spacial score (nSPS) is 15.5. The zero-order chi connectivity index (χ0) is 10.3. The smallest absolute Gasteiger partial charge is 0.342 e. The van der Waals surface area contributed by atoms with Crippen LogP contribution in [0.3, 0.4) is 0 Å². The van der Waals surface area contributed by atoms with Gasteiger partial charge in [-0.2, -0.15) is 0 Å². The number of carbonyl (C=O) groups is 1. The Morgan fingerprint density at radius 1 is 1.64 bits per heavy atom. The van der Waals surface area contributed by atoms with E-state index in [0.717, 1.165) is 19.0 Å². The van der Waals surface area contributed by atoms with E-state index in [0.29, 0.717) is 5.82 Å². The summed E-state index contributed by atoms with van der Waals surface area (Å²) in [5.74, 6) is -0.626. The van der Waals surface area contributed by atoms with E-state index < -0.39 is 11.5 Å². The monoisotopic (exact) mass is 194 g/mol. The molecule has 1 aromatic heterocycles. The van der Waals surface area contributed by atoms with Crippen LogP contribution in [0.2, 0.25) is 0 Å². The molecule has 1 saturated carbocycles. The molecule has 1 N–H and O–H groups in total.